The summed E-state index contributed by atoms with van der Waals surface area (Å²) in [7, 11) is 0. The highest BCUT2D eigenvalue weighted by Crippen LogP contribution is 2.20. The van der Waals surface area contributed by atoms with E-state index in [0.29, 0.717) is 17.1 Å². The molecule has 2 aromatic heterocycles. The lowest BCUT2D eigenvalue weighted by atomic mass is 10.1. The highest BCUT2D eigenvalue weighted by atomic mass is 15.0. The van der Waals surface area contributed by atoms with Crippen LogP contribution in [0.1, 0.15) is 11.3 Å². The molecule has 0 saturated carbocycles. The first-order valence-electron chi connectivity index (χ1n) is 6.67. The van der Waals surface area contributed by atoms with Gasteiger partial charge < -0.3 is 11.1 Å². The summed E-state index contributed by atoms with van der Waals surface area (Å²) < 4.78 is 0. The fourth-order valence-electron chi connectivity index (χ4n) is 2.09. The third-order valence-electron chi connectivity index (χ3n) is 3.14. The predicted octanol–water partition coefficient (Wildman–Crippen LogP) is 1.80. The molecule has 0 saturated heterocycles. The van der Waals surface area contributed by atoms with Gasteiger partial charge in [0.1, 0.15) is 11.7 Å². The van der Waals surface area contributed by atoms with Crippen molar-refractivity contribution in [3.05, 3.63) is 72.2 Å². The Bertz CT molecular complexity index is 775. The largest absolute Gasteiger partial charge is 0.384 e. The van der Waals surface area contributed by atoms with Gasteiger partial charge in [-0.3, -0.25) is 15.4 Å². The monoisotopic (exact) mass is 290 g/mol. The molecule has 0 bridgehead atoms. The van der Waals surface area contributed by atoms with Gasteiger partial charge in [-0.25, -0.2) is 4.99 Å². The normalized spacial score (nSPS) is 15.7. The van der Waals surface area contributed by atoms with Crippen LogP contribution in [0, 0.1) is 5.41 Å². The Morgan fingerprint density at radius 3 is 2.50 bits per heavy atom. The molecule has 6 heteroatoms. The molecule has 0 aromatic carbocycles. The van der Waals surface area contributed by atoms with Crippen molar-refractivity contribution in [2.75, 3.05) is 0 Å². The van der Waals surface area contributed by atoms with Crippen molar-refractivity contribution >= 4 is 23.2 Å². The molecular weight excluding hydrogens is 276 g/mol. The van der Waals surface area contributed by atoms with E-state index in [1.165, 1.54) is 0 Å². The highest BCUT2D eigenvalue weighted by Gasteiger charge is 2.15. The number of allylic oxidation sites excluding steroid dienone is 1. The van der Waals surface area contributed by atoms with Crippen molar-refractivity contribution in [1.29, 1.82) is 5.41 Å². The van der Waals surface area contributed by atoms with E-state index in [1.54, 1.807) is 30.9 Å². The highest BCUT2D eigenvalue weighted by molar-refractivity contribution is 6.21. The van der Waals surface area contributed by atoms with Gasteiger partial charge in [0.25, 0.3) is 0 Å². The lowest BCUT2D eigenvalue weighted by Crippen LogP contribution is -2.20. The van der Waals surface area contributed by atoms with Gasteiger partial charge in [-0.05, 0) is 29.8 Å². The van der Waals surface area contributed by atoms with E-state index in [9.17, 15) is 0 Å². The minimum Gasteiger partial charge on any atom is -0.384 e. The van der Waals surface area contributed by atoms with Crippen LogP contribution in [0.4, 0.5) is 0 Å². The van der Waals surface area contributed by atoms with Crippen LogP contribution in [-0.4, -0.2) is 22.0 Å². The van der Waals surface area contributed by atoms with Crippen LogP contribution in [0.25, 0.3) is 11.1 Å². The van der Waals surface area contributed by atoms with Crippen molar-refractivity contribution in [3.8, 4) is 0 Å². The maximum absolute atomic E-state index is 7.78. The minimum absolute atomic E-state index is 0.0842. The number of hydrogen-bond acceptors (Lipinski definition) is 5. The maximum atomic E-state index is 7.78. The summed E-state index contributed by atoms with van der Waals surface area (Å²) in [6.07, 6.45) is 8.66. The molecule has 0 unspecified atom stereocenters. The second-order valence-electron chi connectivity index (χ2n) is 4.59. The van der Waals surface area contributed by atoms with Crippen molar-refractivity contribution in [2.24, 2.45) is 10.7 Å². The van der Waals surface area contributed by atoms with E-state index < -0.39 is 0 Å². The Hall–Kier alpha value is -3.28. The van der Waals surface area contributed by atoms with Crippen molar-refractivity contribution in [3.63, 3.8) is 0 Å². The van der Waals surface area contributed by atoms with E-state index in [2.05, 4.69) is 20.3 Å². The Labute approximate surface area is 127 Å². The Morgan fingerprint density at radius 1 is 1.09 bits per heavy atom. The first-order valence-corrected chi connectivity index (χ1v) is 6.67. The third-order valence-corrected chi connectivity index (χ3v) is 3.14. The number of hydrogen-bond donors (Lipinski definition) is 3. The number of amidine groups is 1. The first kappa shape index (κ1) is 13.7. The van der Waals surface area contributed by atoms with Crippen LogP contribution in [0.2, 0.25) is 0 Å². The summed E-state index contributed by atoms with van der Waals surface area (Å²) in [4.78, 5) is 12.6. The Morgan fingerprint density at radius 2 is 1.91 bits per heavy atom. The van der Waals surface area contributed by atoms with Gasteiger partial charge in [-0.1, -0.05) is 6.07 Å². The molecule has 0 fully saturated rings. The van der Waals surface area contributed by atoms with Crippen LogP contribution in [0.15, 0.2) is 65.9 Å². The molecule has 2 aromatic rings. The van der Waals surface area contributed by atoms with Gasteiger partial charge in [0.15, 0.2) is 0 Å². The molecule has 4 N–H and O–H groups in total. The molecule has 3 rings (SSSR count). The zero-order chi connectivity index (χ0) is 15.4. The van der Waals surface area contributed by atoms with E-state index in [-0.39, 0.29) is 5.84 Å². The van der Waals surface area contributed by atoms with Crippen molar-refractivity contribution in [1.82, 2.24) is 15.3 Å². The van der Waals surface area contributed by atoms with E-state index in [0.717, 1.165) is 11.1 Å². The quantitative estimate of drug-likeness (QED) is 0.592. The van der Waals surface area contributed by atoms with Crippen LogP contribution < -0.4 is 11.1 Å². The molecule has 108 valence electrons. The molecule has 3 heterocycles. The second-order valence-corrected chi connectivity index (χ2v) is 4.59. The SMILES string of the molecule is N=C(N)/C(=C1\N=CC(c2ccncc2)=CN1)c1ccccn1. The van der Waals surface area contributed by atoms with Gasteiger partial charge in [0.05, 0.1) is 11.3 Å². The van der Waals surface area contributed by atoms with Crippen molar-refractivity contribution < 1.29 is 0 Å². The predicted molar refractivity (Wildman–Crippen MR) is 86.9 cm³/mol. The van der Waals surface area contributed by atoms with Crippen molar-refractivity contribution in [2.45, 2.75) is 0 Å². The summed E-state index contributed by atoms with van der Waals surface area (Å²) in [5, 5.41) is 10.9. The van der Waals surface area contributed by atoms with Crippen LogP contribution in [0.3, 0.4) is 0 Å². The van der Waals surface area contributed by atoms with Gasteiger partial charge in [0.2, 0.25) is 0 Å². The molecular formula is C16H14N6. The summed E-state index contributed by atoms with van der Waals surface area (Å²) in [5.41, 5.74) is 8.70. The molecule has 1 aliphatic heterocycles. The van der Waals surface area contributed by atoms with Gasteiger partial charge >= 0.3 is 0 Å². The number of pyridine rings is 2. The number of nitrogens with two attached hydrogens (primary N) is 1. The summed E-state index contributed by atoms with van der Waals surface area (Å²) in [5.74, 6) is 0.420. The van der Waals surface area contributed by atoms with Crippen LogP contribution in [-0.2, 0) is 0 Å². The molecule has 0 amide bonds. The summed E-state index contributed by atoms with van der Waals surface area (Å²) >= 11 is 0. The van der Waals surface area contributed by atoms with Gasteiger partial charge in [0, 0.05) is 36.6 Å². The van der Waals surface area contributed by atoms with Gasteiger partial charge in [-0.15, -0.1) is 0 Å². The molecule has 0 atom stereocenters. The van der Waals surface area contributed by atoms with Gasteiger partial charge in [-0.2, -0.15) is 0 Å². The minimum atomic E-state index is -0.0842. The smallest absolute Gasteiger partial charge is 0.143 e. The third kappa shape index (κ3) is 2.76. The standard InChI is InChI=1S/C16H14N6/c17-15(18)14(13-3-1-2-6-20-13)16-21-9-12(10-22-16)11-4-7-19-8-5-11/h1-10,21H,(H3,17,18)/b16-14-. The maximum Gasteiger partial charge on any atom is 0.143 e. The zero-order valence-electron chi connectivity index (χ0n) is 11.7. The summed E-state index contributed by atoms with van der Waals surface area (Å²) in [6, 6.07) is 9.25. The number of nitrogens with zero attached hydrogens (tertiary/aromatic N) is 3. The van der Waals surface area contributed by atoms with E-state index >= 15 is 0 Å². The summed E-state index contributed by atoms with van der Waals surface area (Å²) in [6.45, 7) is 0. The average molecular weight is 290 g/mol. The lowest BCUT2D eigenvalue weighted by Gasteiger charge is -2.15. The molecule has 1 aliphatic rings. The van der Waals surface area contributed by atoms with Crippen LogP contribution in [0.5, 0.6) is 0 Å². The zero-order valence-corrected chi connectivity index (χ0v) is 11.7. The average Bonchev–Trinajstić information content (AvgIpc) is 2.57. The lowest BCUT2D eigenvalue weighted by molar-refractivity contribution is 1.03. The fraction of sp³-hybridized carbons (Fsp3) is 0. The van der Waals surface area contributed by atoms with E-state index in [4.69, 9.17) is 11.1 Å². The molecule has 22 heavy (non-hydrogen) atoms. The first-order chi connectivity index (χ1) is 10.8. The molecule has 0 aliphatic carbocycles. The van der Waals surface area contributed by atoms with Crippen LogP contribution >= 0.6 is 0 Å². The number of nitrogens with one attached hydrogen (secondary N) is 2. The Balaban J connectivity index is 1.95. The molecule has 0 radical (unpaired) electrons. The van der Waals surface area contributed by atoms with E-state index in [1.807, 2.05) is 30.5 Å². The number of aliphatic imine (C=N–C) groups is 1. The fourth-order valence-corrected chi connectivity index (χ4v) is 2.09. The Kier molecular flexibility index (Phi) is 3.74. The molecule has 0 spiro atoms. The topological polar surface area (TPSA) is 100 Å². The number of aromatic nitrogens is 2. The second kappa shape index (κ2) is 6.01. The number of rotatable bonds is 3. The molecule has 6 nitrogen and oxygen atoms in total.